The Kier molecular flexibility index (Phi) is 29.8. The Labute approximate surface area is 460 Å². The average molecular weight is 1210 g/mol. The fourth-order valence-electron chi connectivity index (χ4n) is 5.98. The van der Waals surface area contributed by atoms with Gasteiger partial charge in [-0.3, -0.25) is 39.5 Å². The van der Waals surface area contributed by atoms with Crippen LogP contribution in [0, 0.1) is 17.0 Å². The number of carboxylic acid groups (broad SMARTS) is 1. The molecule has 2 unspecified atom stereocenters. The number of halogens is 7. The summed E-state index contributed by atoms with van der Waals surface area (Å²) >= 11 is 22.7. The van der Waals surface area contributed by atoms with E-state index in [1.165, 1.54) is 0 Å². The highest BCUT2D eigenvalue weighted by molar-refractivity contribution is 7.94. The van der Waals surface area contributed by atoms with Gasteiger partial charge in [-0.1, -0.05) is 72.1 Å². The molecule has 3 amide bonds. The molecule has 0 radical (unpaired) electrons. The lowest BCUT2D eigenvalue weighted by atomic mass is 10.0. The first-order chi connectivity index (χ1) is 35.2. The molecule has 5 rings (SSSR count). The molecule has 0 aromatic heterocycles. The van der Waals surface area contributed by atoms with Crippen LogP contribution < -0.4 is 34.2 Å². The summed E-state index contributed by atoms with van der Waals surface area (Å²) in [4.78, 5) is 75.9. The fourth-order valence-corrected chi connectivity index (χ4v) is 7.40. The van der Waals surface area contributed by atoms with Gasteiger partial charge >= 0.3 is 12.1 Å². The number of ether oxygens (including phenoxy) is 3. The Balaban J connectivity index is 0.000000523. The molecule has 0 bridgehead atoms. The number of nitro groups is 1. The minimum Gasteiger partial charge on any atom is -0.778 e. The van der Waals surface area contributed by atoms with E-state index in [2.05, 4.69) is 25.7 Å². The second-order valence-corrected chi connectivity index (χ2v) is 23.4. The Morgan fingerprint density at radius 1 is 1.04 bits per heavy atom. The smallest absolute Gasteiger partial charge is 0.416 e. The van der Waals surface area contributed by atoms with E-state index in [0.29, 0.717) is 48.2 Å². The number of aryl methyl sites for hydroxylation is 2. The molecular weight excluding hydrogens is 1160 g/mol. The summed E-state index contributed by atoms with van der Waals surface area (Å²) in [5.41, 5.74) is 1.50. The number of hydrogen-bond donors (Lipinski definition) is 4. The van der Waals surface area contributed by atoms with Crippen LogP contribution in [0.5, 0.6) is 17.2 Å². The van der Waals surface area contributed by atoms with E-state index in [9.17, 15) is 60.3 Å². The van der Waals surface area contributed by atoms with Crippen LogP contribution in [0.15, 0.2) is 78.9 Å². The van der Waals surface area contributed by atoms with Crippen molar-refractivity contribution in [1.82, 2.24) is 10.0 Å². The van der Waals surface area contributed by atoms with Gasteiger partial charge in [-0.05, 0) is 85.6 Å². The third kappa shape index (κ3) is 25.0. The van der Waals surface area contributed by atoms with Gasteiger partial charge in [-0.25, -0.2) is 13.1 Å². The number of nitro benzene ring substituents is 1. The number of para-hydroxylation sites is 3. The third-order valence-electron chi connectivity index (χ3n) is 9.04. The van der Waals surface area contributed by atoms with Crippen molar-refractivity contribution in [2.24, 2.45) is 0 Å². The van der Waals surface area contributed by atoms with Crippen LogP contribution in [0.25, 0.3) is 0 Å². The average Bonchev–Trinajstić information content (AvgIpc) is 3.31. The molecule has 4 aromatic carbocycles. The lowest BCUT2D eigenvalue weighted by Gasteiger charge is -2.35. The van der Waals surface area contributed by atoms with Crippen LogP contribution >= 0.6 is 54.0 Å². The van der Waals surface area contributed by atoms with Crippen molar-refractivity contribution in [3.8, 4) is 17.2 Å². The molecule has 2 atom stereocenters. The number of sulfonamides is 1. The number of carbonyl (C=O) groups is 4. The van der Waals surface area contributed by atoms with Crippen LogP contribution in [-0.2, 0) is 57.2 Å². The van der Waals surface area contributed by atoms with Gasteiger partial charge in [0.15, 0.2) is 4.84 Å². The van der Waals surface area contributed by atoms with E-state index in [1.54, 1.807) is 14.5 Å². The molecule has 76 heavy (non-hydrogen) atoms. The van der Waals surface area contributed by atoms with E-state index < -0.39 is 80.1 Å². The summed E-state index contributed by atoms with van der Waals surface area (Å²) in [7, 11) is -7.71. The van der Waals surface area contributed by atoms with Gasteiger partial charge in [0, 0.05) is 18.7 Å². The number of alkyl halides is 6. The molecule has 422 valence electrons. The third-order valence-corrected chi connectivity index (χ3v) is 11.1. The van der Waals surface area contributed by atoms with Crippen molar-refractivity contribution in [3.63, 3.8) is 0 Å². The second-order valence-electron chi connectivity index (χ2n) is 15.9. The van der Waals surface area contributed by atoms with E-state index in [4.69, 9.17) is 70.6 Å². The number of nitrogens with one attached hydrogen (secondary N) is 2. The number of rotatable bonds is 16. The highest BCUT2D eigenvalue weighted by atomic mass is 35.5. The van der Waals surface area contributed by atoms with Crippen molar-refractivity contribution in [2.75, 3.05) is 73.5 Å². The monoisotopic (exact) mass is 1210 g/mol. The molecule has 1 aliphatic rings. The van der Waals surface area contributed by atoms with Crippen molar-refractivity contribution < 1.29 is 79.4 Å². The minimum atomic E-state index is -4.62. The fraction of sp³-hybridized carbons (Fsp3) is 0.391. The largest absolute Gasteiger partial charge is 0.778 e. The van der Waals surface area contributed by atoms with Crippen LogP contribution in [-0.4, -0.2) is 122 Å². The summed E-state index contributed by atoms with van der Waals surface area (Å²) in [6.07, 6.45) is 2.81. The Hall–Kier alpha value is -4.92. The predicted molar refractivity (Wildman–Crippen MR) is 287 cm³/mol. The number of nitrogens with zero attached hydrogens (tertiary/aromatic N) is 3. The van der Waals surface area contributed by atoms with Crippen molar-refractivity contribution >= 4 is 116 Å². The standard InChI is InChI=1S/C15H10ClF3N2O6S.C14H20ClNO2.C11H11Cl2NO2.C3H8NO5P.C3H9S/c1-28(25,26)20-14(22)10-7-9(3-4-12(10)21(23)24)27-13-5-2-8(6-11(13)16)15(17,18)19;1-4-12-8-6-7-11(3)14(12)16(10-18-5-2)13(17)9-15;1-7-6-16-9-5-3-2-4-8(9)14(7)11(15)10(12)13;5-3(6)1-4-2-10(7,8)9;1-4(2)3/h2-7H,1H3,(H,20,22);6-8H,4-5,9-10H2,1-3H3;2-5,7,10H,6H2,1H3;4H,1-2H2,(H,5,6)(H2,7,8,9);1-3H3/q;;;;+1/p-1. The summed E-state index contributed by atoms with van der Waals surface area (Å²) < 4.78 is 88.1. The van der Waals surface area contributed by atoms with Crippen molar-refractivity contribution in [2.45, 2.75) is 51.2 Å². The van der Waals surface area contributed by atoms with Gasteiger partial charge in [0.1, 0.15) is 49.6 Å². The Morgan fingerprint density at radius 3 is 2.16 bits per heavy atom. The highest BCUT2D eigenvalue weighted by Gasteiger charge is 2.33. The first-order valence-electron chi connectivity index (χ1n) is 21.8. The van der Waals surface area contributed by atoms with E-state index in [1.807, 2.05) is 68.6 Å². The lowest BCUT2D eigenvalue weighted by Crippen LogP contribution is -2.47. The zero-order valence-corrected chi connectivity index (χ0v) is 47.6. The second kappa shape index (κ2) is 32.7. The van der Waals surface area contributed by atoms with Gasteiger partial charge in [0.25, 0.3) is 17.5 Å². The van der Waals surface area contributed by atoms with E-state index >= 15 is 0 Å². The molecule has 20 nitrogen and oxygen atoms in total. The molecule has 0 fully saturated rings. The number of carboxylic acids is 1. The normalized spacial score (nSPS) is 13.5. The summed E-state index contributed by atoms with van der Waals surface area (Å²) in [6, 6.07) is 18.4. The van der Waals surface area contributed by atoms with Crippen LogP contribution in [0.1, 0.15) is 47.8 Å². The molecule has 4 N–H and O–H groups in total. The summed E-state index contributed by atoms with van der Waals surface area (Å²) in [6.45, 7) is 8.65. The van der Waals surface area contributed by atoms with E-state index in [-0.39, 0.29) is 42.0 Å². The molecule has 30 heteroatoms. The van der Waals surface area contributed by atoms with Gasteiger partial charge in [0.2, 0.25) is 15.9 Å². The van der Waals surface area contributed by atoms with Crippen molar-refractivity contribution in [1.29, 1.82) is 0 Å². The maximum atomic E-state index is 12.7. The summed E-state index contributed by atoms with van der Waals surface area (Å²) in [5.74, 6) is -2.65. The zero-order valence-electron chi connectivity index (χ0n) is 42.1. The van der Waals surface area contributed by atoms with Crippen LogP contribution in [0.3, 0.4) is 0 Å². The molecule has 0 aliphatic carbocycles. The first kappa shape index (κ1) is 69.1. The minimum absolute atomic E-state index is 0.0371. The molecule has 1 heterocycles. The quantitative estimate of drug-likeness (QED) is 0.0206. The maximum Gasteiger partial charge on any atom is 0.416 e. The zero-order chi connectivity index (χ0) is 58.3. The number of aliphatic carboxylic acids is 1. The Bertz CT molecular complexity index is 2760. The van der Waals surface area contributed by atoms with Crippen LogP contribution in [0.4, 0.5) is 30.2 Å². The molecule has 0 saturated carbocycles. The van der Waals surface area contributed by atoms with Gasteiger partial charge < -0.3 is 38.6 Å². The number of fused-ring (bicyclic) bond motifs is 1. The summed E-state index contributed by atoms with van der Waals surface area (Å²) in [5, 5.41) is 20.6. The molecule has 0 spiro atoms. The van der Waals surface area contributed by atoms with Crippen molar-refractivity contribution in [3.05, 3.63) is 116 Å². The van der Waals surface area contributed by atoms with Crippen LogP contribution in [0.2, 0.25) is 5.02 Å². The van der Waals surface area contributed by atoms with Gasteiger partial charge in [-0.15, -0.1) is 11.6 Å². The highest BCUT2D eigenvalue weighted by Crippen LogP contribution is 2.38. The van der Waals surface area contributed by atoms with E-state index in [0.717, 1.165) is 53.2 Å². The maximum absolute atomic E-state index is 12.7. The number of anilines is 2. The Morgan fingerprint density at radius 2 is 1.66 bits per heavy atom. The molecule has 4 aromatic rings. The number of hydrogen-bond acceptors (Lipinski definition) is 14. The molecular formula is C46H57Cl4F3N5O15PS2. The number of benzene rings is 4. The van der Waals surface area contributed by atoms with Gasteiger partial charge in [0.05, 0.1) is 70.8 Å². The predicted octanol–water partition coefficient (Wildman–Crippen LogP) is 8.13. The first-order valence-corrected chi connectivity index (χ1v) is 29.7. The SMILES string of the molecule is CC1COc2ccccc2N1C(=O)C(Cl)Cl.CCOCN(C(=O)CCl)c1c(C)cccc1CC.CS(=O)(=O)NC(=O)c1cc(Oc2ccc(C(F)(F)F)cc2Cl)ccc1[N+](=O)[O-].C[S+](C)C.O=C(O)CNCP(=O)([O-])O. The molecule has 0 saturated heterocycles. The van der Waals surface area contributed by atoms with Gasteiger partial charge in [-0.2, -0.15) is 13.2 Å². The number of carbonyl (C=O) groups excluding carboxylic acids is 3. The number of amides is 3. The molecule has 1 aliphatic heterocycles. The topological polar surface area (TPSA) is 284 Å². The lowest BCUT2D eigenvalue weighted by molar-refractivity contribution is -0.385.